The summed E-state index contributed by atoms with van der Waals surface area (Å²) in [6, 6.07) is 14.9. The first-order valence-corrected chi connectivity index (χ1v) is 9.05. The third-order valence-electron chi connectivity index (χ3n) is 4.59. The standard InChI is InChI=1S/C20H14Cl2N4O2/c1-27-11-5-2-4-10(8-11)18-16-15(12-6-3-7-14(21)17(12)22)13(9-23)19(24)28-20(16)26-25-18/h2-8,15H,24H2,1H3,(H,25,26)/t15-/m1/s1. The topological polar surface area (TPSA) is 97.0 Å². The predicted molar refractivity (Wildman–Crippen MR) is 106 cm³/mol. The molecule has 0 fully saturated rings. The van der Waals surface area contributed by atoms with Gasteiger partial charge in [-0.3, -0.25) is 5.10 Å². The number of aromatic amines is 1. The van der Waals surface area contributed by atoms with Crippen LogP contribution in [-0.4, -0.2) is 17.3 Å². The van der Waals surface area contributed by atoms with Crippen LogP contribution in [0.15, 0.2) is 53.9 Å². The lowest BCUT2D eigenvalue weighted by Crippen LogP contribution is -2.21. The average molecular weight is 413 g/mol. The van der Waals surface area contributed by atoms with E-state index in [9.17, 15) is 5.26 Å². The number of nitrogens with zero attached hydrogens (tertiary/aromatic N) is 2. The lowest BCUT2D eigenvalue weighted by Gasteiger charge is -2.25. The van der Waals surface area contributed by atoms with Gasteiger partial charge in [-0.05, 0) is 23.8 Å². The van der Waals surface area contributed by atoms with Crippen LogP contribution in [0.1, 0.15) is 17.0 Å². The zero-order chi connectivity index (χ0) is 19.8. The van der Waals surface area contributed by atoms with Crippen molar-refractivity contribution in [2.75, 3.05) is 7.11 Å². The number of allylic oxidation sites excluding steroid dienone is 1. The number of halogens is 2. The molecule has 28 heavy (non-hydrogen) atoms. The van der Waals surface area contributed by atoms with Gasteiger partial charge in [0.15, 0.2) is 0 Å². The SMILES string of the molecule is COc1cccc(-c2[nH]nc3c2[C@H](c2cccc(Cl)c2Cl)C(C#N)=C(N)O3)c1. The third kappa shape index (κ3) is 2.85. The Hall–Kier alpha value is -3.14. The lowest BCUT2D eigenvalue weighted by molar-refractivity contribution is 0.379. The molecule has 1 aliphatic heterocycles. The van der Waals surface area contributed by atoms with Gasteiger partial charge < -0.3 is 15.2 Å². The lowest BCUT2D eigenvalue weighted by atomic mass is 9.83. The molecule has 3 N–H and O–H groups in total. The summed E-state index contributed by atoms with van der Waals surface area (Å²) < 4.78 is 10.9. The highest BCUT2D eigenvalue weighted by atomic mass is 35.5. The maximum absolute atomic E-state index is 9.77. The number of methoxy groups -OCH3 is 1. The number of aromatic nitrogens is 2. The van der Waals surface area contributed by atoms with Gasteiger partial charge in [0.05, 0.1) is 34.3 Å². The van der Waals surface area contributed by atoms with Crippen LogP contribution in [0.4, 0.5) is 0 Å². The quantitative estimate of drug-likeness (QED) is 0.654. The molecule has 3 aromatic rings. The van der Waals surface area contributed by atoms with Crippen molar-refractivity contribution in [3.63, 3.8) is 0 Å². The summed E-state index contributed by atoms with van der Waals surface area (Å²) >= 11 is 12.7. The van der Waals surface area contributed by atoms with Crippen LogP contribution >= 0.6 is 23.2 Å². The molecule has 0 aliphatic carbocycles. The Kier molecular flexibility index (Phi) is 4.63. The average Bonchev–Trinajstić information content (AvgIpc) is 3.12. The molecule has 0 radical (unpaired) electrons. The molecule has 0 bridgehead atoms. The Bertz CT molecular complexity index is 1150. The van der Waals surface area contributed by atoms with E-state index in [1.54, 1.807) is 25.3 Å². The van der Waals surface area contributed by atoms with Crippen LogP contribution in [0.25, 0.3) is 11.3 Å². The predicted octanol–water partition coefficient (Wildman–Crippen LogP) is 4.61. The van der Waals surface area contributed by atoms with Gasteiger partial charge >= 0.3 is 0 Å². The zero-order valence-electron chi connectivity index (χ0n) is 14.7. The van der Waals surface area contributed by atoms with E-state index in [0.717, 1.165) is 5.56 Å². The largest absolute Gasteiger partial charge is 0.497 e. The van der Waals surface area contributed by atoms with E-state index in [1.165, 1.54) is 0 Å². The van der Waals surface area contributed by atoms with E-state index in [1.807, 2.05) is 24.3 Å². The second-order valence-corrected chi connectivity index (χ2v) is 6.90. The molecule has 0 saturated heterocycles. The van der Waals surface area contributed by atoms with Crippen LogP contribution in [0.2, 0.25) is 10.0 Å². The Labute approximate surface area is 171 Å². The van der Waals surface area contributed by atoms with E-state index in [4.69, 9.17) is 38.4 Å². The summed E-state index contributed by atoms with van der Waals surface area (Å²) in [5.41, 5.74) is 9.03. The van der Waals surface area contributed by atoms with Crippen molar-refractivity contribution >= 4 is 23.2 Å². The highest BCUT2D eigenvalue weighted by Gasteiger charge is 2.37. The number of H-pyrrole nitrogens is 1. The molecule has 2 aromatic carbocycles. The summed E-state index contributed by atoms with van der Waals surface area (Å²) in [4.78, 5) is 0. The molecule has 0 unspecified atom stereocenters. The smallest absolute Gasteiger partial charge is 0.244 e. The highest BCUT2D eigenvalue weighted by molar-refractivity contribution is 6.42. The first kappa shape index (κ1) is 18.2. The fraction of sp³-hybridized carbons (Fsp3) is 0.100. The van der Waals surface area contributed by atoms with E-state index < -0.39 is 5.92 Å². The van der Waals surface area contributed by atoms with E-state index in [0.29, 0.717) is 32.6 Å². The number of hydrogen-bond donors (Lipinski definition) is 2. The van der Waals surface area contributed by atoms with Crippen molar-refractivity contribution in [1.82, 2.24) is 10.2 Å². The number of rotatable bonds is 3. The van der Waals surface area contributed by atoms with E-state index >= 15 is 0 Å². The normalized spacial score (nSPS) is 15.6. The van der Waals surface area contributed by atoms with Gasteiger partial charge in [0.1, 0.15) is 17.4 Å². The summed E-state index contributed by atoms with van der Waals surface area (Å²) in [6.45, 7) is 0. The minimum Gasteiger partial charge on any atom is -0.497 e. The van der Waals surface area contributed by atoms with Gasteiger partial charge in [-0.1, -0.05) is 47.5 Å². The second kappa shape index (κ2) is 7.12. The number of nitrogens with one attached hydrogen (secondary N) is 1. The Morgan fingerprint density at radius 2 is 2.04 bits per heavy atom. The molecule has 6 nitrogen and oxygen atoms in total. The molecule has 8 heteroatoms. The zero-order valence-corrected chi connectivity index (χ0v) is 16.2. The van der Waals surface area contributed by atoms with Gasteiger partial charge in [-0.25, -0.2) is 0 Å². The Morgan fingerprint density at radius 1 is 1.25 bits per heavy atom. The maximum atomic E-state index is 9.77. The molecule has 1 aromatic heterocycles. The summed E-state index contributed by atoms with van der Waals surface area (Å²) in [5.74, 6) is 0.375. The molecule has 2 heterocycles. The highest BCUT2D eigenvalue weighted by Crippen LogP contribution is 2.48. The van der Waals surface area contributed by atoms with Gasteiger partial charge in [-0.15, -0.1) is 5.10 Å². The van der Waals surface area contributed by atoms with Crippen LogP contribution in [-0.2, 0) is 0 Å². The molecular formula is C20H14Cl2N4O2. The summed E-state index contributed by atoms with van der Waals surface area (Å²) in [5, 5.41) is 17.7. The van der Waals surface area contributed by atoms with Crippen LogP contribution in [0.3, 0.4) is 0 Å². The summed E-state index contributed by atoms with van der Waals surface area (Å²) in [7, 11) is 1.59. The van der Waals surface area contributed by atoms with E-state index in [2.05, 4.69) is 16.3 Å². The fourth-order valence-corrected chi connectivity index (χ4v) is 3.72. The molecule has 4 rings (SSSR count). The molecular weight excluding hydrogens is 399 g/mol. The number of nitrogens with two attached hydrogens (primary N) is 1. The van der Waals surface area contributed by atoms with Crippen LogP contribution in [0.5, 0.6) is 11.6 Å². The number of nitriles is 1. The van der Waals surface area contributed by atoms with Crippen molar-refractivity contribution in [3.05, 3.63) is 75.1 Å². The van der Waals surface area contributed by atoms with Crippen molar-refractivity contribution in [1.29, 1.82) is 5.26 Å². The minimum absolute atomic E-state index is 0.0141. The molecule has 0 saturated carbocycles. The number of hydrogen-bond acceptors (Lipinski definition) is 5. The Balaban J connectivity index is 1.98. The first-order chi connectivity index (χ1) is 13.5. The van der Waals surface area contributed by atoms with Gasteiger partial charge in [0.25, 0.3) is 0 Å². The van der Waals surface area contributed by atoms with Crippen molar-refractivity contribution in [2.45, 2.75) is 5.92 Å². The molecule has 0 spiro atoms. The number of benzene rings is 2. The Morgan fingerprint density at radius 3 is 2.79 bits per heavy atom. The van der Waals surface area contributed by atoms with Crippen LogP contribution in [0, 0.1) is 11.3 Å². The first-order valence-electron chi connectivity index (χ1n) is 8.29. The van der Waals surface area contributed by atoms with Crippen molar-refractivity contribution in [2.24, 2.45) is 5.73 Å². The van der Waals surface area contributed by atoms with E-state index in [-0.39, 0.29) is 17.3 Å². The number of fused-ring (bicyclic) bond motifs is 1. The van der Waals surface area contributed by atoms with Gasteiger partial charge in [0.2, 0.25) is 11.8 Å². The molecule has 140 valence electrons. The van der Waals surface area contributed by atoms with Crippen molar-refractivity contribution < 1.29 is 9.47 Å². The van der Waals surface area contributed by atoms with Gasteiger partial charge in [0, 0.05) is 5.56 Å². The minimum atomic E-state index is -0.583. The third-order valence-corrected chi connectivity index (χ3v) is 5.42. The molecule has 1 atom stereocenters. The van der Waals surface area contributed by atoms with Crippen LogP contribution < -0.4 is 15.2 Å². The fourth-order valence-electron chi connectivity index (χ4n) is 3.30. The monoisotopic (exact) mass is 412 g/mol. The summed E-state index contributed by atoms with van der Waals surface area (Å²) in [6.07, 6.45) is 0. The van der Waals surface area contributed by atoms with Crippen molar-refractivity contribution in [3.8, 4) is 29.0 Å². The number of ether oxygens (including phenoxy) is 2. The second-order valence-electron chi connectivity index (χ2n) is 6.12. The maximum Gasteiger partial charge on any atom is 0.244 e. The van der Waals surface area contributed by atoms with Gasteiger partial charge in [-0.2, -0.15) is 5.26 Å². The molecule has 0 amide bonds. The molecule has 1 aliphatic rings.